The summed E-state index contributed by atoms with van der Waals surface area (Å²) in [6.45, 7) is 0.685. The van der Waals surface area contributed by atoms with E-state index in [2.05, 4.69) is 0 Å². The Labute approximate surface area is 130 Å². The number of halogens is 1. The van der Waals surface area contributed by atoms with Crippen molar-refractivity contribution in [2.24, 2.45) is 0 Å². The van der Waals surface area contributed by atoms with Gasteiger partial charge >= 0.3 is 0 Å². The highest BCUT2D eigenvalue weighted by molar-refractivity contribution is 6.30. The summed E-state index contributed by atoms with van der Waals surface area (Å²) in [6, 6.07) is 13.0. The van der Waals surface area contributed by atoms with Crippen molar-refractivity contribution in [1.29, 1.82) is 0 Å². The minimum absolute atomic E-state index is 0.571. The lowest BCUT2D eigenvalue weighted by Gasteiger charge is -2.16. The van der Waals surface area contributed by atoms with Gasteiger partial charge in [-0.1, -0.05) is 35.9 Å². The predicted molar refractivity (Wildman–Crippen MR) is 84.1 cm³/mol. The maximum absolute atomic E-state index is 10.5. The first-order chi connectivity index (χ1) is 10.2. The zero-order valence-corrected chi connectivity index (χ0v) is 12.9. The first-order valence-electron chi connectivity index (χ1n) is 6.75. The van der Waals surface area contributed by atoms with Crippen LogP contribution in [0.15, 0.2) is 42.5 Å². The molecule has 0 radical (unpaired) electrons. The summed E-state index contributed by atoms with van der Waals surface area (Å²) >= 11 is 6.01. The van der Waals surface area contributed by atoms with Crippen molar-refractivity contribution in [3.63, 3.8) is 0 Å². The quantitative estimate of drug-likeness (QED) is 0.886. The molecule has 0 saturated heterocycles. The van der Waals surface area contributed by atoms with Crippen molar-refractivity contribution in [3.8, 4) is 5.75 Å². The second-order valence-corrected chi connectivity index (χ2v) is 5.21. The normalized spacial score (nSPS) is 12.2. The SMILES string of the molecule is COCCc1ccc(C(O)c2cc(Cl)ccc2OC)cc1. The van der Waals surface area contributed by atoms with Crippen molar-refractivity contribution in [2.75, 3.05) is 20.8 Å². The largest absolute Gasteiger partial charge is 0.496 e. The van der Waals surface area contributed by atoms with Gasteiger partial charge in [-0.2, -0.15) is 0 Å². The van der Waals surface area contributed by atoms with Gasteiger partial charge in [-0.3, -0.25) is 0 Å². The molecule has 2 aromatic carbocycles. The smallest absolute Gasteiger partial charge is 0.125 e. The summed E-state index contributed by atoms with van der Waals surface area (Å²) in [7, 11) is 3.26. The second-order valence-electron chi connectivity index (χ2n) is 4.77. The van der Waals surface area contributed by atoms with Gasteiger partial charge in [0.25, 0.3) is 0 Å². The standard InChI is InChI=1S/C17H19ClO3/c1-20-10-9-12-3-5-13(6-4-12)17(19)15-11-14(18)7-8-16(15)21-2/h3-8,11,17,19H,9-10H2,1-2H3. The number of hydrogen-bond acceptors (Lipinski definition) is 3. The molecule has 0 aliphatic heterocycles. The molecule has 1 N–H and O–H groups in total. The average Bonchev–Trinajstić information content (AvgIpc) is 2.52. The van der Waals surface area contributed by atoms with Crippen molar-refractivity contribution < 1.29 is 14.6 Å². The molecule has 1 unspecified atom stereocenters. The summed E-state index contributed by atoms with van der Waals surface area (Å²) in [6.07, 6.45) is 0.0861. The molecule has 2 aromatic rings. The van der Waals surface area contributed by atoms with Crippen LogP contribution in [0, 0.1) is 0 Å². The number of hydrogen-bond donors (Lipinski definition) is 1. The number of aliphatic hydroxyl groups is 1. The predicted octanol–water partition coefficient (Wildman–Crippen LogP) is 3.62. The third-order valence-corrected chi connectivity index (χ3v) is 3.61. The van der Waals surface area contributed by atoms with E-state index in [0.717, 1.165) is 12.0 Å². The Bertz CT molecular complexity index is 581. The van der Waals surface area contributed by atoms with Crippen molar-refractivity contribution in [2.45, 2.75) is 12.5 Å². The van der Waals surface area contributed by atoms with Crippen molar-refractivity contribution in [3.05, 3.63) is 64.2 Å². The summed E-state index contributed by atoms with van der Waals surface area (Å²) in [5.74, 6) is 0.621. The molecule has 2 rings (SSSR count). The van der Waals surface area contributed by atoms with Crippen LogP contribution in [-0.4, -0.2) is 25.9 Å². The minimum Gasteiger partial charge on any atom is -0.496 e. The van der Waals surface area contributed by atoms with Crippen molar-refractivity contribution in [1.82, 2.24) is 0 Å². The third-order valence-electron chi connectivity index (χ3n) is 3.38. The van der Waals surface area contributed by atoms with Gasteiger partial charge in [0.15, 0.2) is 0 Å². The highest BCUT2D eigenvalue weighted by Gasteiger charge is 2.16. The van der Waals surface area contributed by atoms with E-state index in [9.17, 15) is 5.11 Å². The monoisotopic (exact) mass is 306 g/mol. The fourth-order valence-electron chi connectivity index (χ4n) is 2.18. The summed E-state index contributed by atoms with van der Waals surface area (Å²) in [5, 5.41) is 11.1. The molecule has 3 nitrogen and oxygen atoms in total. The Morgan fingerprint density at radius 2 is 1.81 bits per heavy atom. The highest BCUT2D eigenvalue weighted by Crippen LogP contribution is 2.32. The third kappa shape index (κ3) is 3.97. The van der Waals surface area contributed by atoms with Crippen LogP contribution in [0.3, 0.4) is 0 Å². The number of benzene rings is 2. The van der Waals surface area contributed by atoms with Crippen LogP contribution < -0.4 is 4.74 Å². The Morgan fingerprint density at radius 1 is 1.10 bits per heavy atom. The van der Waals surface area contributed by atoms with Crippen LogP contribution in [0.5, 0.6) is 5.75 Å². The molecule has 112 valence electrons. The molecular weight excluding hydrogens is 288 g/mol. The Hall–Kier alpha value is -1.55. The van der Waals surface area contributed by atoms with E-state index in [4.69, 9.17) is 21.1 Å². The lowest BCUT2D eigenvalue weighted by atomic mass is 9.99. The summed E-state index contributed by atoms with van der Waals surface area (Å²) in [4.78, 5) is 0. The number of rotatable bonds is 6. The van der Waals surface area contributed by atoms with Gasteiger partial charge in [0.2, 0.25) is 0 Å². The van der Waals surface area contributed by atoms with Gasteiger partial charge < -0.3 is 14.6 Å². The van der Waals surface area contributed by atoms with Crippen molar-refractivity contribution >= 4 is 11.6 Å². The van der Waals surface area contributed by atoms with Gasteiger partial charge in [0.1, 0.15) is 11.9 Å². The fraction of sp³-hybridized carbons (Fsp3) is 0.294. The maximum Gasteiger partial charge on any atom is 0.125 e. The first kappa shape index (κ1) is 15.8. The average molecular weight is 307 g/mol. The van der Waals surface area contributed by atoms with Crippen LogP contribution in [0.2, 0.25) is 5.02 Å². The van der Waals surface area contributed by atoms with E-state index in [0.29, 0.717) is 22.9 Å². The summed E-state index contributed by atoms with van der Waals surface area (Å²) < 4.78 is 10.3. The molecule has 0 saturated carbocycles. The summed E-state index contributed by atoms with van der Waals surface area (Å²) in [5.41, 5.74) is 2.64. The lowest BCUT2D eigenvalue weighted by molar-refractivity contribution is 0.202. The lowest BCUT2D eigenvalue weighted by Crippen LogP contribution is -2.03. The van der Waals surface area contributed by atoms with E-state index in [-0.39, 0.29) is 0 Å². The molecule has 0 heterocycles. The molecular formula is C17H19ClO3. The number of aliphatic hydroxyl groups excluding tert-OH is 1. The zero-order valence-electron chi connectivity index (χ0n) is 12.2. The van der Waals surface area contributed by atoms with Crippen LogP contribution in [0.1, 0.15) is 22.8 Å². The number of methoxy groups -OCH3 is 2. The van der Waals surface area contributed by atoms with Crippen LogP contribution in [0.4, 0.5) is 0 Å². The Morgan fingerprint density at radius 3 is 2.43 bits per heavy atom. The molecule has 0 fully saturated rings. The van der Waals surface area contributed by atoms with Gasteiger partial charge in [0.05, 0.1) is 13.7 Å². The van der Waals surface area contributed by atoms with E-state index < -0.39 is 6.10 Å². The van der Waals surface area contributed by atoms with Gasteiger partial charge in [-0.05, 0) is 35.7 Å². The van der Waals surface area contributed by atoms with Gasteiger partial charge in [0, 0.05) is 17.7 Å². The molecule has 0 aliphatic rings. The molecule has 0 spiro atoms. The molecule has 21 heavy (non-hydrogen) atoms. The maximum atomic E-state index is 10.5. The van der Waals surface area contributed by atoms with E-state index in [1.54, 1.807) is 32.4 Å². The highest BCUT2D eigenvalue weighted by atomic mass is 35.5. The van der Waals surface area contributed by atoms with Gasteiger partial charge in [-0.15, -0.1) is 0 Å². The van der Waals surface area contributed by atoms with Crippen LogP contribution in [0.25, 0.3) is 0 Å². The molecule has 0 bridgehead atoms. The van der Waals surface area contributed by atoms with Crippen LogP contribution in [-0.2, 0) is 11.2 Å². The molecule has 1 atom stereocenters. The molecule has 4 heteroatoms. The molecule has 0 aromatic heterocycles. The molecule has 0 amide bonds. The first-order valence-corrected chi connectivity index (χ1v) is 7.12. The molecule has 0 aliphatic carbocycles. The van der Waals surface area contributed by atoms with E-state index in [1.807, 2.05) is 24.3 Å². The fourth-order valence-corrected chi connectivity index (χ4v) is 2.37. The zero-order chi connectivity index (χ0) is 15.2. The topological polar surface area (TPSA) is 38.7 Å². The van der Waals surface area contributed by atoms with Gasteiger partial charge in [-0.25, -0.2) is 0 Å². The second kappa shape index (κ2) is 7.46. The Kier molecular flexibility index (Phi) is 5.62. The van der Waals surface area contributed by atoms with E-state index >= 15 is 0 Å². The number of ether oxygens (including phenoxy) is 2. The minimum atomic E-state index is -0.768. The van der Waals surface area contributed by atoms with Crippen LogP contribution >= 0.6 is 11.6 Å². The Balaban J connectivity index is 2.23. The van der Waals surface area contributed by atoms with E-state index in [1.165, 1.54) is 5.56 Å².